The van der Waals surface area contributed by atoms with E-state index in [9.17, 15) is 4.79 Å². The quantitative estimate of drug-likeness (QED) is 0.437. The molecule has 1 aromatic heterocycles. The second kappa shape index (κ2) is 6.56. The van der Waals surface area contributed by atoms with Crippen molar-refractivity contribution >= 4 is 50.5 Å². The summed E-state index contributed by atoms with van der Waals surface area (Å²) in [5, 5.41) is 6.74. The van der Waals surface area contributed by atoms with E-state index in [2.05, 4.69) is 70.2 Å². The molecular weight excluding hydrogens is 352 g/mol. The molecule has 27 heavy (non-hydrogen) atoms. The number of carbonyl (C=O) groups is 1. The molecule has 4 heteroatoms. The maximum Gasteiger partial charge on any atom is 0.152 e. The lowest BCUT2D eigenvalue weighted by Gasteiger charge is -2.21. The van der Waals surface area contributed by atoms with Gasteiger partial charge in [-0.2, -0.15) is 0 Å². The van der Waals surface area contributed by atoms with Crippen LogP contribution in [-0.2, 0) is 6.42 Å². The number of benzene rings is 3. The largest absolute Gasteiger partial charge is 0.355 e. The fraction of sp³-hybridized carbons (Fsp3) is 0.0870. The van der Waals surface area contributed by atoms with E-state index in [-0.39, 0.29) is 0 Å². The summed E-state index contributed by atoms with van der Waals surface area (Å²) >= 11 is 1.73. The third-order valence-corrected chi connectivity index (χ3v) is 5.99. The first-order chi connectivity index (χ1) is 13.3. The Kier molecular flexibility index (Phi) is 3.91. The third kappa shape index (κ3) is 2.88. The van der Waals surface area contributed by atoms with Gasteiger partial charge in [0.05, 0.1) is 5.69 Å². The molecule has 1 N–H and O–H groups in total. The fourth-order valence-corrected chi connectivity index (χ4v) is 4.50. The second-order valence-corrected chi connectivity index (χ2v) is 7.67. The van der Waals surface area contributed by atoms with Crippen LogP contribution < -0.4 is 10.2 Å². The van der Waals surface area contributed by atoms with Crippen LogP contribution in [0.1, 0.15) is 15.9 Å². The summed E-state index contributed by atoms with van der Waals surface area (Å²) in [4.78, 5) is 13.9. The molecule has 4 aromatic rings. The van der Waals surface area contributed by atoms with Crippen LogP contribution in [0, 0.1) is 0 Å². The van der Waals surface area contributed by atoms with Crippen LogP contribution in [0.5, 0.6) is 0 Å². The van der Waals surface area contributed by atoms with Crippen molar-refractivity contribution in [3.63, 3.8) is 0 Å². The SMILES string of the molecule is O=Cc1ccc(N2CCc3ccccc32)cc1Nc1ccc2sccc2c1. The van der Waals surface area contributed by atoms with E-state index in [0.29, 0.717) is 5.56 Å². The zero-order valence-electron chi connectivity index (χ0n) is 14.7. The van der Waals surface area contributed by atoms with Gasteiger partial charge in [-0.05, 0) is 71.3 Å². The highest BCUT2D eigenvalue weighted by atomic mass is 32.1. The average Bonchev–Trinajstić information content (AvgIpc) is 3.34. The Labute approximate surface area is 161 Å². The average molecular weight is 370 g/mol. The standard InChI is InChI=1S/C23H18N2OS/c26-15-18-5-7-20(25-11-9-16-3-1-2-4-22(16)25)14-21(18)24-19-6-8-23-17(13-19)10-12-27-23/h1-8,10,12-15,24H,9,11H2. The zero-order chi connectivity index (χ0) is 18.2. The highest BCUT2D eigenvalue weighted by Crippen LogP contribution is 2.36. The van der Waals surface area contributed by atoms with E-state index in [1.807, 2.05) is 12.1 Å². The molecule has 0 aliphatic carbocycles. The molecule has 0 saturated heterocycles. The Morgan fingerprint density at radius 1 is 1.00 bits per heavy atom. The number of nitrogens with one attached hydrogen (secondary N) is 1. The maximum absolute atomic E-state index is 11.6. The van der Waals surface area contributed by atoms with E-state index in [4.69, 9.17) is 0 Å². The van der Waals surface area contributed by atoms with E-state index in [1.165, 1.54) is 21.3 Å². The molecular formula is C23H18N2OS. The number of hydrogen-bond acceptors (Lipinski definition) is 4. The molecule has 0 bridgehead atoms. The van der Waals surface area contributed by atoms with E-state index >= 15 is 0 Å². The number of fused-ring (bicyclic) bond motifs is 2. The first kappa shape index (κ1) is 16.1. The van der Waals surface area contributed by atoms with Crippen molar-refractivity contribution in [1.82, 2.24) is 0 Å². The topological polar surface area (TPSA) is 32.3 Å². The minimum atomic E-state index is 0.664. The number of rotatable bonds is 4. The molecule has 0 saturated carbocycles. The highest BCUT2D eigenvalue weighted by Gasteiger charge is 2.20. The molecule has 0 atom stereocenters. The number of nitrogens with zero attached hydrogens (tertiary/aromatic N) is 1. The molecule has 1 aliphatic rings. The van der Waals surface area contributed by atoms with Crippen LogP contribution in [-0.4, -0.2) is 12.8 Å². The van der Waals surface area contributed by atoms with Gasteiger partial charge in [0.15, 0.2) is 6.29 Å². The molecule has 0 radical (unpaired) electrons. The van der Waals surface area contributed by atoms with Gasteiger partial charge < -0.3 is 10.2 Å². The van der Waals surface area contributed by atoms with Gasteiger partial charge in [0.1, 0.15) is 0 Å². The van der Waals surface area contributed by atoms with Crippen LogP contribution in [0.4, 0.5) is 22.7 Å². The molecule has 1 aliphatic heterocycles. The van der Waals surface area contributed by atoms with Gasteiger partial charge in [0, 0.05) is 33.9 Å². The van der Waals surface area contributed by atoms with Crippen LogP contribution in [0.15, 0.2) is 72.1 Å². The zero-order valence-corrected chi connectivity index (χ0v) is 15.5. The Bertz CT molecular complexity index is 1150. The number of hydrogen-bond donors (Lipinski definition) is 1. The fourth-order valence-electron chi connectivity index (χ4n) is 3.73. The lowest BCUT2D eigenvalue weighted by Crippen LogP contribution is -2.13. The van der Waals surface area contributed by atoms with E-state index in [0.717, 1.165) is 36.3 Å². The second-order valence-electron chi connectivity index (χ2n) is 6.72. The van der Waals surface area contributed by atoms with Gasteiger partial charge in [-0.25, -0.2) is 0 Å². The summed E-state index contributed by atoms with van der Waals surface area (Å²) in [7, 11) is 0. The van der Waals surface area contributed by atoms with E-state index in [1.54, 1.807) is 11.3 Å². The number of aldehydes is 1. The molecule has 3 aromatic carbocycles. The number of anilines is 4. The van der Waals surface area contributed by atoms with Crippen LogP contribution >= 0.6 is 11.3 Å². The summed E-state index contributed by atoms with van der Waals surface area (Å²) < 4.78 is 1.26. The summed E-state index contributed by atoms with van der Waals surface area (Å²) in [6, 6.07) is 22.9. The van der Waals surface area contributed by atoms with E-state index < -0.39 is 0 Å². The molecule has 132 valence electrons. The Hall–Kier alpha value is -3.11. The third-order valence-electron chi connectivity index (χ3n) is 5.09. The predicted octanol–water partition coefficient (Wildman–Crippen LogP) is 6.15. The maximum atomic E-state index is 11.6. The molecule has 5 rings (SSSR count). The summed E-state index contributed by atoms with van der Waals surface area (Å²) in [5.74, 6) is 0. The van der Waals surface area contributed by atoms with Gasteiger partial charge in [-0.1, -0.05) is 18.2 Å². The summed E-state index contributed by atoms with van der Waals surface area (Å²) in [5.41, 5.74) is 6.21. The van der Waals surface area contributed by atoms with Crippen molar-refractivity contribution in [2.45, 2.75) is 6.42 Å². The Balaban J connectivity index is 1.52. The van der Waals surface area contributed by atoms with Gasteiger partial charge >= 0.3 is 0 Å². The number of thiophene rings is 1. The van der Waals surface area contributed by atoms with Crippen molar-refractivity contribution < 1.29 is 4.79 Å². The van der Waals surface area contributed by atoms with Gasteiger partial charge in [0.25, 0.3) is 0 Å². The van der Waals surface area contributed by atoms with Gasteiger partial charge in [0.2, 0.25) is 0 Å². The minimum Gasteiger partial charge on any atom is -0.355 e. The van der Waals surface area contributed by atoms with Gasteiger partial charge in [-0.3, -0.25) is 4.79 Å². The van der Waals surface area contributed by atoms with Crippen LogP contribution in [0.25, 0.3) is 10.1 Å². The molecule has 3 nitrogen and oxygen atoms in total. The molecule has 0 unspecified atom stereocenters. The minimum absolute atomic E-state index is 0.664. The van der Waals surface area contributed by atoms with Crippen molar-refractivity contribution in [2.24, 2.45) is 0 Å². The number of carbonyl (C=O) groups excluding carboxylic acids is 1. The highest BCUT2D eigenvalue weighted by molar-refractivity contribution is 7.17. The smallest absolute Gasteiger partial charge is 0.152 e. The Morgan fingerprint density at radius 3 is 2.85 bits per heavy atom. The first-order valence-electron chi connectivity index (χ1n) is 9.01. The van der Waals surface area contributed by atoms with Crippen LogP contribution in [0.3, 0.4) is 0 Å². The lowest BCUT2D eigenvalue weighted by atomic mass is 10.1. The summed E-state index contributed by atoms with van der Waals surface area (Å²) in [6.45, 7) is 0.958. The monoisotopic (exact) mass is 370 g/mol. The number of para-hydroxylation sites is 1. The van der Waals surface area contributed by atoms with Crippen molar-refractivity contribution in [3.05, 3.63) is 83.2 Å². The van der Waals surface area contributed by atoms with Crippen LogP contribution in [0.2, 0.25) is 0 Å². The molecule has 2 heterocycles. The van der Waals surface area contributed by atoms with Crippen molar-refractivity contribution in [3.8, 4) is 0 Å². The van der Waals surface area contributed by atoms with Crippen molar-refractivity contribution in [2.75, 3.05) is 16.8 Å². The van der Waals surface area contributed by atoms with Gasteiger partial charge in [-0.15, -0.1) is 11.3 Å². The molecule has 0 fully saturated rings. The predicted molar refractivity (Wildman–Crippen MR) is 114 cm³/mol. The van der Waals surface area contributed by atoms with Crippen molar-refractivity contribution in [1.29, 1.82) is 0 Å². The summed E-state index contributed by atoms with van der Waals surface area (Å²) in [6.07, 6.45) is 1.95. The first-order valence-corrected chi connectivity index (χ1v) is 9.89. The Morgan fingerprint density at radius 2 is 1.93 bits per heavy atom. The molecule has 0 amide bonds. The molecule has 0 spiro atoms. The normalized spacial score (nSPS) is 13.0. The lowest BCUT2D eigenvalue weighted by molar-refractivity contribution is 0.112.